The largest absolute Gasteiger partial charge is 0.508 e. The number of phenolic OH excluding ortho intramolecular Hbond substituents is 2. The molecule has 2 aromatic carbocycles. The van der Waals surface area contributed by atoms with Crippen LogP contribution in [0.15, 0.2) is 48.5 Å². The lowest BCUT2D eigenvalue weighted by Crippen LogP contribution is -2.64. The number of aliphatic carboxylic acids is 1. The second-order valence-electron chi connectivity index (χ2n) is 36.2. The van der Waals surface area contributed by atoms with Gasteiger partial charge in [-0.2, -0.15) is 25.3 Å². The Bertz CT molecular complexity index is 4470. The van der Waals surface area contributed by atoms with Crippen molar-refractivity contribution in [3.63, 3.8) is 0 Å². The number of aliphatic hydroxyl groups is 2. The van der Waals surface area contributed by atoms with Crippen LogP contribution in [0, 0.1) is 28.6 Å². The minimum atomic E-state index is -1.98. The number of carboxylic acids is 1. The highest BCUT2D eigenvalue weighted by Gasteiger charge is 2.46. The highest BCUT2D eigenvalue weighted by Crippen LogP contribution is 2.25. The monoisotopic (exact) mass is 2030 g/mol. The number of thiol groups is 2. The molecule has 792 valence electrons. The number of aromatic hydroxyl groups is 2. The molecular formula is C90H153N27O22S2. The average Bonchev–Trinajstić information content (AvgIpc) is 1.55. The molecule has 1 aliphatic rings. The summed E-state index contributed by atoms with van der Waals surface area (Å²) in [6, 6.07) is -13.7. The number of likely N-dealkylation sites (tertiary alicyclic amines) is 1. The summed E-state index contributed by atoms with van der Waals surface area (Å²) in [7, 11) is 0. The van der Waals surface area contributed by atoms with Gasteiger partial charge in [0.1, 0.15) is 102 Å². The number of carboxylic acid groups (broad SMARTS) is 1. The Morgan fingerprint density at radius 2 is 0.773 bits per heavy atom. The first-order chi connectivity index (χ1) is 66.4. The maximum atomic E-state index is 15.0. The second kappa shape index (κ2) is 63.0. The molecule has 0 saturated carbocycles. The SMILES string of the molecule is CC[C@H](C)[C@H](NC(=O)[C@@H](NC(=O)[C@@H]1C[C@@H](O)CN1C(=O)[C@@H](N)C(C)C)[C@@H](C)CC)C(=O)N[C@@H](Cc1ccc(O)cc1)C(=O)N[C@H](C(=O)N[C@@H](CC(N)=O)C(=O)N[C@@H](CCCNC(=N)N)C(=O)N[C@@H](CCCCN)C(=O)N[C@H](C(=O)N[C@H](CCN)C(=O)N[C@@H](CCCCN)C(=O)N[C@@H](CS)C(=O)N[C@@H](CCCCN)C(=O)N[C@@H](CCCNC(=N)N)C(=O)N[C@@H](Cc1ccc(O)cc1)C(=O)O)[C@@H](C)O)C(C)(C)S. The average molecular weight is 2030 g/mol. The second-order valence-corrected chi connectivity index (χ2v) is 37.7. The quantitative estimate of drug-likeness (QED) is 0.0127. The van der Waals surface area contributed by atoms with Crippen molar-refractivity contribution < 1.29 is 107 Å². The van der Waals surface area contributed by atoms with Crippen LogP contribution in [0.4, 0.5) is 0 Å². The summed E-state index contributed by atoms with van der Waals surface area (Å²) >= 11 is 8.98. The van der Waals surface area contributed by atoms with Gasteiger partial charge in [-0.15, -0.1) is 0 Å². The van der Waals surface area contributed by atoms with Crippen molar-refractivity contribution in [2.75, 3.05) is 51.6 Å². The number of carbonyl (C=O) groups is 17. The van der Waals surface area contributed by atoms with Crippen LogP contribution in [0.3, 0.4) is 0 Å². The number of primary amides is 1. The van der Waals surface area contributed by atoms with Crippen LogP contribution in [-0.2, 0) is 94.3 Å². The smallest absolute Gasteiger partial charge is 0.326 e. The van der Waals surface area contributed by atoms with Crippen molar-refractivity contribution in [3.8, 4) is 11.5 Å². The van der Waals surface area contributed by atoms with E-state index in [2.05, 4.69) is 110 Å². The number of rotatable bonds is 66. The predicted molar refractivity (Wildman–Crippen MR) is 529 cm³/mol. The molecule has 39 N–H and O–H groups in total. The van der Waals surface area contributed by atoms with Crippen molar-refractivity contribution in [1.82, 2.24) is 90.0 Å². The molecular weight excluding hydrogens is 1880 g/mol. The molecule has 1 fully saturated rings. The van der Waals surface area contributed by atoms with Gasteiger partial charge in [-0.1, -0.05) is 78.6 Å². The number of β-amino-alcohol motifs (C(OH)–C–C–N with tert-alkyl or cyclic N) is 1. The van der Waals surface area contributed by atoms with Crippen LogP contribution < -0.4 is 131 Å². The van der Waals surface area contributed by atoms with E-state index in [1.165, 1.54) is 67.3 Å². The van der Waals surface area contributed by atoms with E-state index in [1.54, 1.807) is 41.5 Å². The molecule has 1 aliphatic heterocycles. The van der Waals surface area contributed by atoms with Gasteiger partial charge in [-0.3, -0.25) is 87.5 Å². The summed E-state index contributed by atoms with van der Waals surface area (Å²) in [6.45, 7) is 14.0. The first-order valence-electron chi connectivity index (χ1n) is 47.4. The van der Waals surface area contributed by atoms with Gasteiger partial charge in [0.05, 0.1) is 24.7 Å². The van der Waals surface area contributed by atoms with Crippen molar-refractivity contribution in [2.45, 2.75) is 304 Å². The van der Waals surface area contributed by atoms with Crippen molar-refractivity contribution in [2.24, 2.45) is 63.6 Å². The van der Waals surface area contributed by atoms with Crippen LogP contribution in [0.2, 0.25) is 0 Å². The van der Waals surface area contributed by atoms with Gasteiger partial charge in [0.25, 0.3) is 0 Å². The van der Waals surface area contributed by atoms with E-state index in [4.69, 9.17) is 56.7 Å². The van der Waals surface area contributed by atoms with E-state index in [0.717, 1.165) is 6.92 Å². The van der Waals surface area contributed by atoms with E-state index >= 15 is 4.79 Å². The zero-order valence-electron chi connectivity index (χ0n) is 81.7. The fourth-order valence-electron chi connectivity index (χ4n) is 14.9. The Balaban J connectivity index is 1.99. The number of aliphatic hydroxyl groups excluding tert-OH is 2. The van der Waals surface area contributed by atoms with E-state index in [-0.39, 0.29) is 166 Å². The molecule has 51 heteroatoms. The summed E-state index contributed by atoms with van der Waals surface area (Å²) in [5.74, 6) is -20.5. The standard InChI is InChI=1S/C90H153N27O22S2/c1-10-47(5)68(114-83(134)69(48(6)11-2)113-81(132)65-42-54(121)44-117(65)86(137)67(96)46(3)4)82(133)109-61(40-50-25-29-52(119)30-26-50)79(130)116-71(90(8,9)141)85(136)110-62(43-66(95)122)78(129)106-58(23-18-38-101-88(97)98)73(124)104-57(22-14-17-36-93)77(128)115-70(49(7)118)84(135)108-60(33-37-94)76(127)103-56(21-13-16-35-92)75(126)112-64(45-140)80(131)107-55(20-12-15-34-91)72(123)105-59(24-19-39-102-89(99)100)74(125)111-63(87(138)139)41-51-27-31-53(120)32-28-51/h25-32,46-49,54-65,67-71,118-121,140-141H,10-24,33-45,91-94,96H2,1-9H3,(H2,95,122)(H,103,127)(H,104,124)(H,105,123)(H,106,129)(H,107,131)(H,108,135)(H,109,133)(H,110,136)(H,111,125)(H,112,126)(H,113,132)(H,114,134)(H,115,128)(H,116,130)(H,138,139)(H4,97,98,101)(H4,99,100,102)/t47-,48-,49+,54+,55-,56-,57-,58-,59-,60+,61-,62-,63-,64-,65-,67-,68-,69-,70-,71+/m0/s1. The predicted octanol–water partition coefficient (Wildman–Crippen LogP) is -7.05. The van der Waals surface area contributed by atoms with Crippen molar-refractivity contribution in [3.05, 3.63) is 59.7 Å². The maximum absolute atomic E-state index is 15.0. The van der Waals surface area contributed by atoms with Gasteiger partial charge < -0.3 is 161 Å². The van der Waals surface area contributed by atoms with Gasteiger partial charge in [0.2, 0.25) is 94.5 Å². The molecule has 3 rings (SSSR count). The number of amides is 16. The first-order valence-corrected chi connectivity index (χ1v) is 48.5. The highest BCUT2D eigenvalue weighted by molar-refractivity contribution is 7.81. The number of nitrogens with one attached hydrogen (secondary N) is 18. The zero-order valence-corrected chi connectivity index (χ0v) is 83.5. The van der Waals surface area contributed by atoms with Crippen LogP contribution >= 0.6 is 25.3 Å². The van der Waals surface area contributed by atoms with Crippen LogP contribution in [0.1, 0.15) is 189 Å². The highest BCUT2D eigenvalue weighted by atomic mass is 32.1. The fourth-order valence-corrected chi connectivity index (χ4v) is 15.3. The minimum Gasteiger partial charge on any atom is -0.508 e. The number of nitrogens with two attached hydrogens (primary N) is 8. The molecule has 16 amide bonds. The van der Waals surface area contributed by atoms with Gasteiger partial charge in [0.15, 0.2) is 11.9 Å². The lowest BCUT2D eigenvalue weighted by molar-refractivity contribution is -0.142. The molecule has 0 spiro atoms. The molecule has 0 bridgehead atoms. The Morgan fingerprint density at radius 3 is 1.15 bits per heavy atom. The number of unbranched alkanes of at least 4 members (excludes halogenated alkanes) is 3. The molecule has 0 aromatic heterocycles. The topological polar surface area (TPSA) is 843 Å². The third-order valence-corrected chi connectivity index (χ3v) is 24.3. The number of carbonyl (C=O) groups excluding carboxylic acids is 16. The summed E-state index contributed by atoms with van der Waals surface area (Å²) in [6.07, 6.45) is -3.72. The summed E-state index contributed by atoms with van der Waals surface area (Å²) in [4.78, 5) is 244. The maximum Gasteiger partial charge on any atom is 0.326 e. The Kier molecular flexibility index (Phi) is 55.0. The van der Waals surface area contributed by atoms with Crippen LogP contribution in [0.25, 0.3) is 0 Å². The summed E-state index contributed by atoms with van der Waals surface area (Å²) < 4.78 is -1.61. The number of hydrogen-bond acceptors (Lipinski definition) is 30. The number of phenols is 2. The lowest BCUT2D eigenvalue weighted by Gasteiger charge is -2.33. The van der Waals surface area contributed by atoms with Crippen molar-refractivity contribution in [1.29, 1.82) is 10.8 Å². The number of nitrogens with zero attached hydrogens (tertiary/aromatic N) is 1. The molecule has 1 heterocycles. The Morgan fingerprint density at radius 1 is 0.440 bits per heavy atom. The van der Waals surface area contributed by atoms with E-state index < -0.39 is 250 Å². The minimum absolute atomic E-state index is 0.0511. The normalized spacial score (nSPS) is 16.8. The summed E-state index contributed by atoms with van der Waals surface area (Å²) in [5.41, 5.74) is 47.2. The fraction of sp³-hybridized carbons (Fsp3) is 0.656. The van der Waals surface area contributed by atoms with E-state index in [1.807, 2.05) is 0 Å². The third-order valence-electron chi connectivity index (χ3n) is 23.7. The number of guanidine groups is 2. The van der Waals surface area contributed by atoms with Gasteiger partial charge in [-0.25, -0.2) is 4.79 Å². The van der Waals surface area contributed by atoms with Gasteiger partial charge in [-0.05, 0) is 190 Å². The van der Waals surface area contributed by atoms with Crippen LogP contribution in [-0.4, -0.2) is 308 Å². The van der Waals surface area contributed by atoms with E-state index in [0.29, 0.717) is 30.4 Å². The van der Waals surface area contributed by atoms with Gasteiger partial charge in [0, 0.05) is 49.4 Å². The molecule has 1 saturated heterocycles. The molecule has 0 aliphatic carbocycles. The Hall–Kier alpha value is -12.0. The molecule has 20 atom stereocenters. The summed E-state index contributed by atoms with van der Waals surface area (Å²) in [5, 5.41) is 108. The molecule has 0 unspecified atom stereocenters. The lowest BCUT2D eigenvalue weighted by atomic mass is 9.94. The van der Waals surface area contributed by atoms with E-state index in [9.17, 15) is 102 Å². The molecule has 141 heavy (non-hydrogen) atoms. The Labute approximate surface area is 832 Å². The van der Waals surface area contributed by atoms with Crippen LogP contribution in [0.5, 0.6) is 11.5 Å². The molecule has 0 radical (unpaired) electrons. The molecule has 49 nitrogen and oxygen atoms in total. The first kappa shape index (κ1) is 123. The number of benzene rings is 2. The molecule has 2 aromatic rings. The number of hydrogen-bond donors (Lipinski definition) is 33. The van der Waals surface area contributed by atoms with Gasteiger partial charge >= 0.3 is 5.97 Å². The third kappa shape index (κ3) is 43.5. The zero-order chi connectivity index (χ0) is 106. The van der Waals surface area contributed by atoms with Crippen molar-refractivity contribution >= 4 is 138 Å².